The fourth-order valence-corrected chi connectivity index (χ4v) is 1.67. The van der Waals surface area contributed by atoms with Crippen molar-refractivity contribution in [1.29, 1.82) is 0 Å². The quantitative estimate of drug-likeness (QED) is 0.784. The van der Waals surface area contributed by atoms with Crippen molar-refractivity contribution >= 4 is 0 Å². The second-order valence-electron chi connectivity index (χ2n) is 4.79. The zero-order valence-electron chi connectivity index (χ0n) is 11.0. The Morgan fingerprint density at radius 2 is 2.06 bits per heavy atom. The van der Waals surface area contributed by atoms with Gasteiger partial charge in [-0.15, -0.1) is 0 Å². The zero-order valence-corrected chi connectivity index (χ0v) is 11.0. The second-order valence-corrected chi connectivity index (χ2v) is 4.79. The van der Waals surface area contributed by atoms with Crippen molar-refractivity contribution in [3.8, 4) is 0 Å². The molecule has 3 heteroatoms. The number of benzene rings is 1. The third-order valence-electron chi connectivity index (χ3n) is 2.72. The summed E-state index contributed by atoms with van der Waals surface area (Å²) in [6.45, 7) is 7.27. The molecule has 17 heavy (non-hydrogen) atoms. The highest BCUT2D eigenvalue weighted by Crippen LogP contribution is 2.04. The number of nitrogens with one attached hydrogen (secondary N) is 1. The van der Waals surface area contributed by atoms with Gasteiger partial charge in [0.15, 0.2) is 0 Å². The van der Waals surface area contributed by atoms with Crippen molar-refractivity contribution in [2.24, 2.45) is 0 Å². The molecule has 0 amide bonds. The fourth-order valence-electron chi connectivity index (χ4n) is 1.67. The van der Waals surface area contributed by atoms with E-state index in [1.807, 2.05) is 6.07 Å². The lowest BCUT2D eigenvalue weighted by Gasteiger charge is -2.18. The number of likely N-dealkylation sites (N-methyl/N-ethyl adjacent to an activating group) is 1. The predicted molar refractivity (Wildman–Crippen MR) is 70.7 cm³/mol. The van der Waals surface area contributed by atoms with E-state index in [4.69, 9.17) is 0 Å². The van der Waals surface area contributed by atoms with Crippen LogP contribution in [-0.2, 0) is 6.42 Å². The minimum Gasteiger partial charge on any atom is -0.313 e. The van der Waals surface area contributed by atoms with E-state index in [0.717, 1.165) is 31.6 Å². The molecule has 1 rings (SSSR count). The van der Waals surface area contributed by atoms with E-state index in [2.05, 4.69) is 31.1 Å². The van der Waals surface area contributed by atoms with Crippen molar-refractivity contribution < 1.29 is 4.39 Å². The minimum absolute atomic E-state index is 0.147. The van der Waals surface area contributed by atoms with Gasteiger partial charge in [-0.25, -0.2) is 4.39 Å². The van der Waals surface area contributed by atoms with Crippen molar-refractivity contribution in [3.05, 3.63) is 35.6 Å². The third kappa shape index (κ3) is 6.39. The molecule has 0 heterocycles. The van der Waals surface area contributed by atoms with Crippen LogP contribution >= 0.6 is 0 Å². The van der Waals surface area contributed by atoms with Crippen molar-refractivity contribution in [2.45, 2.75) is 26.3 Å². The van der Waals surface area contributed by atoms with Gasteiger partial charge in [0.2, 0.25) is 0 Å². The van der Waals surface area contributed by atoms with Gasteiger partial charge in [0.05, 0.1) is 0 Å². The second kappa shape index (κ2) is 7.41. The molecular weight excluding hydrogens is 215 g/mol. The molecule has 0 aliphatic rings. The lowest BCUT2D eigenvalue weighted by Crippen LogP contribution is -2.33. The smallest absolute Gasteiger partial charge is 0.123 e. The van der Waals surface area contributed by atoms with Crippen LogP contribution in [0.15, 0.2) is 24.3 Å². The first kappa shape index (κ1) is 14.1. The monoisotopic (exact) mass is 238 g/mol. The number of hydrogen-bond donors (Lipinski definition) is 1. The first-order chi connectivity index (χ1) is 8.08. The van der Waals surface area contributed by atoms with Crippen LogP contribution in [0, 0.1) is 5.82 Å². The third-order valence-corrected chi connectivity index (χ3v) is 2.72. The Hall–Kier alpha value is -0.930. The predicted octanol–water partition coefficient (Wildman–Crippen LogP) is 2.30. The summed E-state index contributed by atoms with van der Waals surface area (Å²) in [5.74, 6) is -0.147. The highest BCUT2D eigenvalue weighted by atomic mass is 19.1. The summed E-state index contributed by atoms with van der Waals surface area (Å²) >= 11 is 0. The Labute approximate surface area is 104 Å². The summed E-state index contributed by atoms with van der Waals surface area (Å²) in [4.78, 5) is 2.26. The molecule has 0 spiro atoms. The molecule has 0 fully saturated rings. The molecule has 0 atom stereocenters. The van der Waals surface area contributed by atoms with Gasteiger partial charge in [0, 0.05) is 25.7 Å². The van der Waals surface area contributed by atoms with Gasteiger partial charge >= 0.3 is 0 Å². The zero-order chi connectivity index (χ0) is 12.7. The van der Waals surface area contributed by atoms with Crippen molar-refractivity contribution in [2.75, 3.05) is 26.7 Å². The van der Waals surface area contributed by atoms with E-state index < -0.39 is 0 Å². The van der Waals surface area contributed by atoms with E-state index in [-0.39, 0.29) is 5.82 Å². The van der Waals surface area contributed by atoms with Crippen LogP contribution < -0.4 is 5.32 Å². The highest BCUT2D eigenvalue weighted by Gasteiger charge is 2.01. The molecular formula is C14H23FN2. The van der Waals surface area contributed by atoms with E-state index in [9.17, 15) is 4.39 Å². The highest BCUT2D eigenvalue weighted by molar-refractivity contribution is 5.16. The number of halogens is 1. The molecule has 0 saturated carbocycles. The van der Waals surface area contributed by atoms with Crippen LogP contribution in [0.2, 0.25) is 0 Å². The molecule has 1 aromatic rings. The molecule has 0 aliphatic carbocycles. The SMILES string of the molecule is CC(C)NCCN(C)CCc1cccc(F)c1. The first-order valence-electron chi connectivity index (χ1n) is 6.24. The summed E-state index contributed by atoms with van der Waals surface area (Å²) in [6, 6.07) is 7.38. The van der Waals surface area contributed by atoms with Gasteiger partial charge in [-0.2, -0.15) is 0 Å². The van der Waals surface area contributed by atoms with Crippen LogP contribution in [0.25, 0.3) is 0 Å². The Bertz CT molecular complexity index is 326. The average Bonchev–Trinajstić information content (AvgIpc) is 2.26. The van der Waals surface area contributed by atoms with Crippen LogP contribution in [-0.4, -0.2) is 37.6 Å². The van der Waals surface area contributed by atoms with Crippen molar-refractivity contribution in [3.63, 3.8) is 0 Å². The molecule has 0 unspecified atom stereocenters. The Balaban J connectivity index is 2.21. The topological polar surface area (TPSA) is 15.3 Å². The summed E-state index contributed by atoms with van der Waals surface area (Å²) in [5, 5.41) is 3.38. The van der Waals surface area contributed by atoms with E-state index in [1.54, 1.807) is 12.1 Å². The van der Waals surface area contributed by atoms with E-state index >= 15 is 0 Å². The van der Waals surface area contributed by atoms with Gasteiger partial charge in [0.1, 0.15) is 5.82 Å². The summed E-state index contributed by atoms with van der Waals surface area (Å²) in [5.41, 5.74) is 1.06. The molecule has 0 aliphatic heterocycles. The number of hydrogen-bond acceptors (Lipinski definition) is 2. The largest absolute Gasteiger partial charge is 0.313 e. The maximum Gasteiger partial charge on any atom is 0.123 e. The standard InChI is InChI=1S/C14H23FN2/c1-12(2)16-8-10-17(3)9-7-13-5-4-6-14(15)11-13/h4-6,11-12,16H,7-10H2,1-3H3. The molecule has 0 radical (unpaired) electrons. The molecule has 1 aromatic carbocycles. The first-order valence-corrected chi connectivity index (χ1v) is 6.24. The van der Waals surface area contributed by atoms with E-state index in [1.165, 1.54) is 6.07 Å². The number of nitrogens with zero attached hydrogens (tertiary/aromatic N) is 1. The molecule has 96 valence electrons. The van der Waals surface area contributed by atoms with Crippen molar-refractivity contribution in [1.82, 2.24) is 10.2 Å². The summed E-state index contributed by atoms with van der Waals surface area (Å²) in [6.07, 6.45) is 0.899. The lowest BCUT2D eigenvalue weighted by molar-refractivity contribution is 0.331. The fraction of sp³-hybridized carbons (Fsp3) is 0.571. The van der Waals surface area contributed by atoms with E-state index in [0.29, 0.717) is 6.04 Å². The van der Waals surface area contributed by atoms with Gasteiger partial charge in [-0.3, -0.25) is 0 Å². The minimum atomic E-state index is -0.147. The maximum absolute atomic E-state index is 13.0. The Kier molecular flexibility index (Phi) is 6.16. The maximum atomic E-state index is 13.0. The summed E-state index contributed by atoms with van der Waals surface area (Å²) in [7, 11) is 2.10. The van der Waals surface area contributed by atoms with Gasteiger partial charge in [-0.05, 0) is 31.2 Å². The molecule has 2 nitrogen and oxygen atoms in total. The van der Waals surface area contributed by atoms with Gasteiger partial charge in [-0.1, -0.05) is 26.0 Å². The average molecular weight is 238 g/mol. The van der Waals surface area contributed by atoms with Gasteiger partial charge < -0.3 is 10.2 Å². The number of rotatable bonds is 7. The van der Waals surface area contributed by atoms with Crippen LogP contribution in [0.4, 0.5) is 4.39 Å². The Morgan fingerprint density at radius 1 is 1.29 bits per heavy atom. The molecule has 1 N–H and O–H groups in total. The van der Waals surface area contributed by atoms with Crippen LogP contribution in [0.1, 0.15) is 19.4 Å². The normalized spacial score (nSPS) is 11.4. The lowest BCUT2D eigenvalue weighted by atomic mass is 10.1. The molecule has 0 saturated heterocycles. The van der Waals surface area contributed by atoms with Crippen LogP contribution in [0.3, 0.4) is 0 Å². The molecule has 0 bridgehead atoms. The summed E-state index contributed by atoms with van der Waals surface area (Å²) < 4.78 is 13.0. The van der Waals surface area contributed by atoms with Crippen LogP contribution in [0.5, 0.6) is 0 Å². The van der Waals surface area contributed by atoms with Gasteiger partial charge in [0.25, 0.3) is 0 Å². The molecule has 0 aromatic heterocycles. The Morgan fingerprint density at radius 3 is 2.71 bits per heavy atom.